The third-order valence-corrected chi connectivity index (χ3v) is 8.38. The standard InChI is InChI=1S/C33H36F2N8O3/c1-5-26(44)41-13-14-42(20(4)16-41)31-22-15-24(35)29-27-23(34)7-6-8-25(27)38-18-46-17-36-11-9-21-10-12-37-28(19(2)3)30(21)43(32(22)39-29)33(45)40-31/h5-8,10,12,15,19-20,36,38H,1,9,11,13-14,16-18H2,2-4H3/t20-/m0/s1. The number of piperazine rings is 1. The van der Waals surface area contributed by atoms with Crippen LogP contribution in [0.4, 0.5) is 20.3 Å². The number of rotatable bonds is 3. The lowest BCUT2D eigenvalue weighted by atomic mass is 10.0. The summed E-state index contributed by atoms with van der Waals surface area (Å²) in [6.07, 6.45) is 3.49. The van der Waals surface area contributed by atoms with Gasteiger partial charge in [0.25, 0.3) is 0 Å². The molecule has 1 saturated heterocycles. The molecule has 3 aromatic heterocycles. The first-order valence-corrected chi connectivity index (χ1v) is 15.3. The van der Waals surface area contributed by atoms with Crippen LogP contribution >= 0.6 is 0 Å². The molecule has 0 saturated carbocycles. The number of nitrogens with one attached hydrogen (secondary N) is 2. The largest absolute Gasteiger partial charge is 0.362 e. The van der Waals surface area contributed by atoms with E-state index < -0.39 is 17.3 Å². The van der Waals surface area contributed by atoms with E-state index in [1.165, 1.54) is 28.8 Å². The van der Waals surface area contributed by atoms with Crippen LogP contribution in [0.2, 0.25) is 0 Å². The van der Waals surface area contributed by atoms with Gasteiger partial charge in [0.2, 0.25) is 5.91 Å². The van der Waals surface area contributed by atoms with Crippen molar-refractivity contribution >= 4 is 28.4 Å². The number of pyridine rings is 2. The summed E-state index contributed by atoms with van der Waals surface area (Å²) in [7, 11) is 0. The molecule has 0 spiro atoms. The molecule has 5 heterocycles. The Hall–Kier alpha value is -4.75. The van der Waals surface area contributed by atoms with E-state index in [2.05, 4.69) is 27.2 Å². The summed E-state index contributed by atoms with van der Waals surface area (Å²) in [6, 6.07) is 7.20. The van der Waals surface area contributed by atoms with Gasteiger partial charge in [-0.05, 0) is 55.2 Å². The maximum atomic E-state index is 16.3. The average molecular weight is 631 g/mol. The second kappa shape index (κ2) is 12.9. The lowest BCUT2D eigenvalue weighted by Crippen LogP contribution is -2.54. The molecule has 240 valence electrons. The molecule has 13 heteroatoms. The molecular formula is C33H36F2N8O3. The van der Waals surface area contributed by atoms with Crippen molar-refractivity contribution in [2.45, 2.75) is 39.2 Å². The number of carbonyl (C=O) groups is 1. The first-order chi connectivity index (χ1) is 22.2. The molecule has 2 bridgehead atoms. The number of aromatic nitrogens is 4. The normalized spacial score (nSPS) is 17.2. The van der Waals surface area contributed by atoms with E-state index in [4.69, 9.17) is 9.72 Å². The summed E-state index contributed by atoms with van der Waals surface area (Å²) in [5, 5.41) is 6.53. The molecule has 2 N–H and O–H groups in total. The molecule has 1 amide bonds. The number of amides is 1. The summed E-state index contributed by atoms with van der Waals surface area (Å²) >= 11 is 0. The van der Waals surface area contributed by atoms with Crippen LogP contribution in [-0.4, -0.2) is 76.0 Å². The molecule has 0 unspecified atom stereocenters. The van der Waals surface area contributed by atoms with Crippen LogP contribution in [0.15, 0.2) is 54.0 Å². The molecule has 11 nitrogen and oxygen atoms in total. The maximum Gasteiger partial charge on any atom is 0.355 e. The van der Waals surface area contributed by atoms with Crippen LogP contribution in [0.5, 0.6) is 0 Å². The number of nitrogens with zero attached hydrogens (tertiary/aromatic N) is 6. The molecule has 4 aromatic rings. The summed E-state index contributed by atoms with van der Waals surface area (Å²) in [4.78, 5) is 44.1. The van der Waals surface area contributed by atoms with Crippen molar-refractivity contribution in [3.8, 4) is 16.9 Å². The van der Waals surface area contributed by atoms with E-state index in [-0.39, 0.29) is 65.1 Å². The van der Waals surface area contributed by atoms with Crippen molar-refractivity contribution in [3.05, 3.63) is 82.6 Å². The number of hydrogen-bond acceptors (Lipinski definition) is 9. The van der Waals surface area contributed by atoms with Crippen molar-refractivity contribution in [2.75, 3.05) is 49.9 Å². The van der Waals surface area contributed by atoms with Crippen LogP contribution in [0.3, 0.4) is 0 Å². The van der Waals surface area contributed by atoms with Gasteiger partial charge in [-0.25, -0.2) is 23.1 Å². The molecule has 6 rings (SSSR count). The minimum atomic E-state index is -0.788. The van der Waals surface area contributed by atoms with E-state index in [0.717, 1.165) is 5.56 Å². The van der Waals surface area contributed by atoms with Crippen molar-refractivity contribution in [1.82, 2.24) is 29.7 Å². The Morgan fingerprint density at radius 2 is 1.98 bits per heavy atom. The number of ether oxygens (including phenoxy) is 1. The fourth-order valence-corrected chi connectivity index (χ4v) is 6.16. The van der Waals surface area contributed by atoms with Gasteiger partial charge in [0.15, 0.2) is 11.5 Å². The molecule has 2 aliphatic rings. The highest BCUT2D eigenvalue weighted by Gasteiger charge is 2.31. The highest BCUT2D eigenvalue weighted by Crippen LogP contribution is 2.36. The van der Waals surface area contributed by atoms with Crippen molar-refractivity contribution < 1.29 is 18.3 Å². The quantitative estimate of drug-likeness (QED) is 0.325. The van der Waals surface area contributed by atoms with Crippen LogP contribution in [0.25, 0.3) is 28.0 Å². The van der Waals surface area contributed by atoms with Gasteiger partial charge in [0.05, 0.1) is 29.1 Å². The van der Waals surface area contributed by atoms with Crippen LogP contribution in [-0.2, 0) is 16.0 Å². The number of anilines is 2. The van der Waals surface area contributed by atoms with Gasteiger partial charge in [-0.15, -0.1) is 0 Å². The number of carbonyl (C=O) groups excluding carboxylic acids is 1. The minimum Gasteiger partial charge on any atom is -0.362 e. The number of fused-ring (bicyclic) bond motifs is 5. The zero-order valence-corrected chi connectivity index (χ0v) is 26.0. The lowest BCUT2D eigenvalue weighted by molar-refractivity contribution is -0.126. The molecule has 0 radical (unpaired) electrons. The summed E-state index contributed by atoms with van der Waals surface area (Å²) in [5.41, 5.74) is 1.37. The number of halogens is 2. The third kappa shape index (κ3) is 5.71. The fourth-order valence-electron chi connectivity index (χ4n) is 6.16. The number of benzene rings is 1. The molecule has 0 aliphatic carbocycles. The molecule has 1 aromatic carbocycles. The molecule has 46 heavy (non-hydrogen) atoms. The summed E-state index contributed by atoms with van der Waals surface area (Å²) < 4.78 is 38.9. The average Bonchev–Trinajstić information content (AvgIpc) is 3.04. The van der Waals surface area contributed by atoms with Gasteiger partial charge in [-0.3, -0.25) is 15.1 Å². The Morgan fingerprint density at radius 3 is 2.74 bits per heavy atom. The van der Waals surface area contributed by atoms with E-state index >= 15 is 8.78 Å². The minimum absolute atomic E-state index is 0.0354. The Labute approximate surface area is 264 Å². The number of hydrogen-bond donors (Lipinski definition) is 2. The van der Waals surface area contributed by atoms with Gasteiger partial charge in [-0.1, -0.05) is 26.5 Å². The predicted octanol–water partition coefficient (Wildman–Crippen LogP) is 3.96. The molecular weight excluding hydrogens is 594 g/mol. The van der Waals surface area contributed by atoms with E-state index in [1.807, 2.05) is 31.7 Å². The van der Waals surface area contributed by atoms with Crippen molar-refractivity contribution in [3.63, 3.8) is 0 Å². The highest BCUT2D eigenvalue weighted by molar-refractivity contribution is 5.92. The molecule has 1 fully saturated rings. The Kier molecular flexibility index (Phi) is 8.78. The topological polar surface area (TPSA) is 118 Å². The van der Waals surface area contributed by atoms with Gasteiger partial charge < -0.3 is 19.9 Å². The van der Waals surface area contributed by atoms with Gasteiger partial charge in [0.1, 0.15) is 24.1 Å². The third-order valence-electron chi connectivity index (χ3n) is 8.38. The Balaban J connectivity index is 1.67. The zero-order valence-electron chi connectivity index (χ0n) is 26.0. The second-order valence-corrected chi connectivity index (χ2v) is 11.7. The van der Waals surface area contributed by atoms with Crippen molar-refractivity contribution in [2.24, 2.45) is 0 Å². The van der Waals surface area contributed by atoms with Crippen LogP contribution in [0, 0.1) is 11.6 Å². The van der Waals surface area contributed by atoms with E-state index in [9.17, 15) is 9.59 Å². The Morgan fingerprint density at radius 1 is 1.15 bits per heavy atom. The smallest absolute Gasteiger partial charge is 0.355 e. The molecule has 1 atom stereocenters. The van der Waals surface area contributed by atoms with E-state index in [0.29, 0.717) is 44.0 Å². The maximum absolute atomic E-state index is 16.3. The highest BCUT2D eigenvalue weighted by atomic mass is 19.1. The van der Waals surface area contributed by atoms with Gasteiger partial charge >= 0.3 is 5.69 Å². The monoisotopic (exact) mass is 630 g/mol. The summed E-state index contributed by atoms with van der Waals surface area (Å²) in [5.74, 6) is -1.52. The van der Waals surface area contributed by atoms with Gasteiger partial charge in [0, 0.05) is 44.1 Å². The second-order valence-electron chi connectivity index (χ2n) is 11.7. The van der Waals surface area contributed by atoms with E-state index in [1.54, 1.807) is 17.2 Å². The molecule has 2 aliphatic heterocycles. The van der Waals surface area contributed by atoms with Crippen LogP contribution in [0.1, 0.15) is 37.9 Å². The van der Waals surface area contributed by atoms with Crippen LogP contribution < -0.4 is 21.2 Å². The first kappa shape index (κ1) is 31.2. The summed E-state index contributed by atoms with van der Waals surface area (Å²) in [6.45, 7) is 11.3. The fraction of sp³-hybridized carbons (Fsp3) is 0.364. The van der Waals surface area contributed by atoms with Crippen molar-refractivity contribution in [1.29, 1.82) is 0 Å². The SMILES string of the molecule is C=CC(=O)N1CCN(c2nc(=O)n3c4nc(c(F)cc24)-c2c(F)cccc2NCOCNCCc2ccnc(C(C)C)c2-3)[C@@H](C)C1. The lowest BCUT2D eigenvalue weighted by Gasteiger charge is -2.40. The van der Waals surface area contributed by atoms with Gasteiger partial charge in [-0.2, -0.15) is 4.98 Å². The predicted molar refractivity (Wildman–Crippen MR) is 172 cm³/mol. The first-order valence-electron chi connectivity index (χ1n) is 15.3. The Bertz CT molecular complexity index is 1880. The zero-order chi connectivity index (χ0) is 32.5.